The molecule has 2 aromatic rings. The Labute approximate surface area is 320 Å². The third-order valence-corrected chi connectivity index (χ3v) is 12.1. The Hall–Kier alpha value is -4.26. The lowest BCUT2D eigenvalue weighted by molar-refractivity contribution is -0.114. The van der Waals surface area contributed by atoms with Crippen molar-refractivity contribution in [3.05, 3.63) is 75.9 Å². The zero-order chi connectivity index (χ0) is 38.4. The van der Waals surface area contributed by atoms with Crippen molar-refractivity contribution in [2.45, 2.75) is 115 Å². The molecule has 4 aliphatic carbocycles. The Morgan fingerprint density at radius 1 is 1.09 bits per heavy atom. The van der Waals surface area contributed by atoms with Gasteiger partial charge in [-0.1, -0.05) is 55.9 Å². The average molecular weight is 738 g/mol. The third-order valence-electron chi connectivity index (χ3n) is 12.1. The summed E-state index contributed by atoms with van der Waals surface area (Å²) in [5.41, 5.74) is 17.5. The van der Waals surface area contributed by atoms with Crippen LogP contribution in [0.2, 0.25) is 0 Å². The van der Waals surface area contributed by atoms with E-state index in [1.807, 2.05) is 25.1 Å². The molecule has 2 aromatic carbocycles. The van der Waals surface area contributed by atoms with Crippen LogP contribution in [0.3, 0.4) is 0 Å². The van der Waals surface area contributed by atoms with Crippen molar-refractivity contribution < 1.29 is 29.6 Å². The van der Waals surface area contributed by atoms with Crippen LogP contribution >= 0.6 is 0 Å². The molecule has 6 rings (SSSR count). The SMILES string of the molecule is CCCC(=CC(=O)CCc1cc(OC2CCCC2)c(O)c2c1C#CCC(N=C(N)N)CC1C=C3C(c4cccc(O)c4)CC(C)CC3C2C1COC)CO. The number of ketones is 1. The summed E-state index contributed by atoms with van der Waals surface area (Å²) in [6, 6.07) is 9.27. The van der Waals surface area contributed by atoms with Gasteiger partial charge in [0.15, 0.2) is 23.2 Å². The maximum Gasteiger partial charge on any atom is 0.186 e. The number of hydrogen-bond donors (Lipinski definition) is 5. The summed E-state index contributed by atoms with van der Waals surface area (Å²) >= 11 is 0. The van der Waals surface area contributed by atoms with Gasteiger partial charge in [-0.25, -0.2) is 4.99 Å². The van der Waals surface area contributed by atoms with Crippen LogP contribution < -0.4 is 16.2 Å². The topological polar surface area (TPSA) is 161 Å². The van der Waals surface area contributed by atoms with E-state index in [9.17, 15) is 20.1 Å². The number of ether oxygens (including phenoxy) is 2. The number of aliphatic imine (C=N–C) groups is 1. The minimum absolute atomic E-state index is 0.000273. The maximum absolute atomic E-state index is 13.4. The summed E-state index contributed by atoms with van der Waals surface area (Å²) in [6.45, 7) is 4.64. The van der Waals surface area contributed by atoms with Crippen molar-refractivity contribution in [1.82, 2.24) is 0 Å². The van der Waals surface area contributed by atoms with Gasteiger partial charge in [0, 0.05) is 42.9 Å². The number of nitrogens with zero attached hydrogens (tertiary/aromatic N) is 1. The summed E-state index contributed by atoms with van der Waals surface area (Å²) in [4.78, 5) is 18.0. The van der Waals surface area contributed by atoms with E-state index in [-0.39, 0.29) is 78.0 Å². The molecular formula is C45H59N3O6. The quantitative estimate of drug-likeness (QED) is 0.0476. The lowest BCUT2D eigenvalue weighted by Gasteiger charge is -2.49. The van der Waals surface area contributed by atoms with Gasteiger partial charge in [-0.3, -0.25) is 4.79 Å². The Morgan fingerprint density at radius 2 is 1.89 bits per heavy atom. The second-order valence-corrected chi connectivity index (χ2v) is 16.1. The minimum atomic E-state index is -0.256. The molecule has 2 bridgehead atoms. The maximum atomic E-state index is 13.4. The first-order chi connectivity index (χ1) is 26.1. The molecule has 4 aliphatic rings. The first-order valence-electron chi connectivity index (χ1n) is 20.1. The Kier molecular flexibility index (Phi) is 13.1. The lowest BCUT2D eigenvalue weighted by Crippen LogP contribution is -2.41. The molecule has 0 radical (unpaired) electrons. The molecule has 54 heavy (non-hydrogen) atoms. The van der Waals surface area contributed by atoms with Crippen LogP contribution in [0.15, 0.2) is 58.6 Å². The van der Waals surface area contributed by atoms with E-state index in [1.54, 1.807) is 19.3 Å². The number of methoxy groups -OCH3 is 1. The van der Waals surface area contributed by atoms with Crippen LogP contribution in [0.1, 0.15) is 119 Å². The number of aryl methyl sites for hydroxylation is 1. The van der Waals surface area contributed by atoms with Crippen molar-refractivity contribution in [1.29, 1.82) is 0 Å². The zero-order valence-electron chi connectivity index (χ0n) is 32.2. The van der Waals surface area contributed by atoms with Crippen LogP contribution in [-0.2, 0) is 16.0 Å². The number of carbonyl (C=O) groups excluding carboxylic acids is 1. The highest BCUT2D eigenvalue weighted by Crippen LogP contribution is 2.59. The van der Waals surface area contributed by atoms with Crippen molar-refractivity contribution in [2.75, 3.05) is 20.3 Å². The fraction of sp³-hybridized carbons (Fsp3) is 0.556. The first kappa shape index (κ1) is 39.4. The fourth-order valence-corrected chi connectivity index (χ4v) is 9.85. The smallest absolute Gasteiger partial charge is 0.186 e. The number of allylic oxidation sites excluding steroid dienone is 3. The number of carbonyl (C=O) groups is 1. The van der Waals surface area contributed by atoms with E-state index in [4.69, 9.17) is 20.9 Å². The van der Waals surface area contributed by atoms with Crippen LogP contribution in [-0.4, -0.2) is 59.5 Å². The molecule has 9 nitrogen and oxygen atoms in total. The van der Waals surface area contributed by atoms with Crippen molar-refractivity contribution in [2.24, 2.45) is 40.1 Å². The standard InChI is InChI=1S/C45H59N3O6/c1-4-9-28(25-49)20-34(51)17-16-30-24-41(54-35-13-5-6-14-35)44(52)43-36(30)15-8-11-32(48-45(46)47)21-31-23-38-37(29-10-7-12-33(50)22-29)18-27(2)19-39(38)42(43)40(31)26-53-3/h7,10,12,20,22-24,27,31-32,35,37,39-40,42,49-50,52H,4-6,9,11,13-14,16-19,21,25-26H2,1-3H3,(H4,46,47,48). The largest absolute Gasteiger partial charge is 0.508 e. The highest BCUT2D eigenvalue weighted by molar-refractivity contribution is 5.90. The number of fused-ring (bicyclic) bond motifs is 6. The Bertz CT molecular complexity index is 1810. The average Bonchev–Trinajstić information content (AvgIpc) is 3.65. The number of benzene rings is 2. The number of aliphatic hydroxyl groups excluding tert-OH is 1. The number of rotatable bonds is 13. The molecule has 0 saturated heterocycles. The van der Waals surface area contributed by atoms with Gasteiger partial charge < -0.3 is 36.3 Å². The van der Waals surface area contributed by atoms with E-state index in [2.05, 4.69) is 35.9 Å². The predicted molar refractivity (Wildman–Crippen MR) is 213 cm³/mol. The van der Waals surface area contributed by atoms with Crippen molar-refractivity contribution >= 4 is 11.7 Å². The summed E-state index contributed by atoms with van der Waals surface area (Å²) < 4.78 is 12.7. The van der Waals surface area contributed by atoms with Gasteiger partial charge in [-0.15, -0.1) is 0 Å². The van der Waals surface area contributed by atoms with E-state index >= 15 is 0 Å². The third kappa shape index (κ3) is 8.98. The molecule has 0 heterocycles. The van der Waals surface area contributed by atoms with Gasteiger partial charge in [0.05, 0.1) is 25.4 Å². The van der Waals surface area contributed by atoms with Gasteiger partial charge in [-0.05, 0) is 122 Å². The van der Waals surface area contributed by atoms with E-state index in [0.717, 1.165) is 72.8 Å². The first-order valence-corrected chi connectivity index (χ1v) is 20.1. The molecule has 7 atom stereocenters. The molecule has 0 aromatic heterocycles. The second kappa shape index (κ2) is 17.9. The zero-order valence-corrected chi connectivity index (χ0v) is 32.2. The lowest BCUT2D eigenvalue weighted by atomic mass is 9.55. The fourth-order valence-electron chi connectivity index (χ4n) is 9.85. The van der Waals surface area contributed by atoms with Gasteiger partial charge in [0.2, 0.25) is 0 Å². The van der Waals surface area contributed by atoms with Crippen LogP contribution in [0.5, 0.6) is 17.2 Å². The second-order valence-electron chi connectivity index (χ2n) is 16.1. The Balaban J connectivity index is 1.57. The highest BCUT2D eigenvalue weighted by atomic mass is 16.5. The molecule has 9 heteroatoms. The van der Waals surface area contributed by atoms with E-state index < -0.39 is 0 Å². The number of phenols is 2. The van der Waals surface area contributed by atoms with Crippen molar-refractivity contribution in [3.8, 4) is 29.1 Å². The molecular weight excluding hydrogens is 679 g/mol. The predicted octanol–water partition coefficient (Wildman–Crippen LogP) is 7.16. The van der Waals surface area contributed by atoms with Gasteiger partial charge in [0.1, 0.15) is 5.75 Å². The number of guanidine groups is 1. The minimum Gasteiger partial charge on any atom is -0.508 e. The normalized spacial score (nSPS) is 26.8. The van der Waals surface area contributed by atoms with Crippen LogP contribution in [0, 0.1) is 35.5 Å². The number of aliphatic hydroxyl groups is 1. The van der Waals surface area contributed by atoms with Gasteiger partial charge in [-0.2, -0.15) is 0 Å². The molecule has 2 fully saturated rings. The van der Waals surface area contributed by atoms with E-state index in [0.29, 0.717) is 44.0 Å². The highest BCUT2D eigenvalue weighted by Gasteiger charge is 2.48. The molecule has 2 saturated carbocycles. The molecule has 7 unspecified atom stereocenters. The Morgan fingerprint density at radius 3 is 2.59 bits per heavy atom. The van der Waals surface area contributed by atoms with Crippen LogP contribution in [0.25, 0.3) is 0 Å². The molecule has 0 aliphatic heterocycles. The molecule has 0 spiro atoms. The number of aromatic hydroxyl groups is 2. The van der Waals surface area contributed by atoms with E-state index in [1.165, 1.54) is 5.57 Å². The summed E-state index contributed by atoms with van der Waals surface area (Å²) in [7, 11) is 1.73. The summed E-state index contributed by atoms with van der Waals surface area (Å²) in [6.07, 6.45) is 13.1. The van der Waals surface area contributed by atoms with Gasteiger partial charge >= 0.3 is 0 Å². The van der Waals surface area contributed by atoms with Gasteiger partial charge in [0.25, 0.3) is 0 Å². The van der Waals surface area contributed by atoms with Crippen molar-refractivity contribution in [3.63, 3.8) is 0 Å². The molecule has 290 valence electrons. The molecule has 0 amide bonds. The monoisotopic (exact) mass is 737 g/mol. The summed E-state index contributed by atoms with van der Waals surface area (Å²) in [5.74, 6) is 7.97. The number of nitrogens with two attached hydrogens (primary N) is 2. The number of phenolic OH excluding ortho intramolecular Hbond substituents is 2. The summed E-state index contributed by atoms with van der Waals surface area (Å²) in [5, 5.41) is 33.1. The molecule has 7 N–H and O–H groups in total. The van der Waals surface area contributed by atoms with Crippen LogP contribution in [0.4, 0.5) is 0 Å². The number of hydrogen-bond acceptors (Lipinski definition) is 7.